The Bertz CT molecular complexity index is 496. The number of aliphatic hydroxyl groups is 1. The molecule has 4 nitrogen and oxygen atoms in total. The van der Waals surface area contributed by atoms with Crippen molar-refractivity contribution in [3.05, 3.63) is 14.9 Å². The summed E-state index contributed by atoms with van der Waals surface area (Å²) in [5.74, 6) is 0.449. The first-order valence-corrected chi connectivity index (χ1v) is 9.70. The van der Waals surface area contributed by atoms with Gasteiger partial charge in [-0.15, -0.1) is 11.3 Å². The summed E-state index contributed by atoms with van der Waals surface area (Å²) in [7, 11) is -3.63. The van der Waals surface area contributed by atoms with Crippen LogP contribution in [0.2, 0.25) is 5.02 Å². The average molecular weight is 395 g/mol. The molecule has 0 aliphatic carbocycles. The van der Waals surface area contributed by atoms with Gasteiger partial charge in [-0.25, -0.2) is 13.1 Å². The summed E-state index contributed by atoms with van der Waals surface area (Å²) in [6.45, 7) is 1.55. The maximum atomic E-state index is 12.0. The van der Waals surface area contributed by atoms with Crippen LogP contribution in [0.5, 0.6) is 0 Å². The second-order valence-electron chi connectivity index (χ2n) is 3.94. The van der Waals surface area contributed by atoms with Crippen molar-refractivity contribution in [1.82, 2.24) is 4.72 Å². The lowest BCUT2D eigenvalue weighted by Crippen LogP contribution is -2.42. The van der Waals surface area contributed by atoms with Crippen molar-refractivity contribution < 1.29 is 13.5 Å². The number of thiophene rings is 1. The molecule has 9 heteroatoms. The molecule has 1 rings (SSSR count). The topological polar surface area (TPSA) is 66.4 Å². The summed E-state index contributed by atoms with van der Waals surface area (Å²) in [6, 6.07) is 1.38. The second kappa shape index (κ2) is 6.43. The smallest absolute Gasteiger partial charge is 0.250 e. The molecule has 0 amide bonds. The summed E-state index contributed by atoms with van der Waals surface area (Å²) in [4.78, 5) is 0. The lowest BCUT2D eigenvalue weighted by molar-refractivity contribution is 0.0909. The molecule has 0 aliphatic rings. The normalized spacial score (nSPS) is 15.6. The number of hydrogen-bond donors (Lipinski definition) is 2. The van der Waals surface area contributed by atoms with Crippen molar-refractivity contribution in [1.29, 1.82) is 0 Å². The Morgan fingerprint density at radius 1 is 1.67 bits per heavy atom. The van der Waals surface area contributed by atoms with E-state index in [1.54, 1.807) is 6.92 Å². The molecule has 104 valence electrons. The fraction of sp³-hybridized carbons (Fsp3) is 0.556. The van der Waals surface area contributed by atoms with Gasteiger partial charge in [0.2, 0.25) is 10.0 Å². The SMILES string of the molecule is CSCC(C)(O)CNS(=O)(=O)c1cc(Cl)c(Br)s1. The Balaban J connectivity index is 2.77. The van der Waals surface area contributed by atoms with E-state index in [1.165, 1.54) is 17.8 Å². The van der Waals surface area contributed by atoms with E-state index in [1.807, 2.05) is 6.26 Å². The third-order valence-corrected chi connectivity index (χ3v) is 7.25. The number of nitrogens with one attached hydrogen (secondary N) is 1. The summed E-state index contributed by atoms with van der Waals surface area (Å²) < 4.78 is 27.0. The summed E-state index contributed by atoms with van der Waals surface area (Å²) >= 11 is 11.4. The van der Waals surface area contributed by atoms with Gasteiger partial charge in [0.25, 0.3) is 0 Å². The van der Waals surface area contributed by atoms with Crippen LogP contribution in [0.4, 0.5) is 0 Å². The van der Waals surface area contributed by atoms with Crippen LogP contribution in [0.15, 0.2) is 14.1 Å². The first-order valence-electron chi connectivity index (χ1n) is 4.84. The quantitative estimate of drug-likeness (QED) is 0.778. The van der Waals surface area contributed by atoms with Gasteiger partial charge in [-0.1, -0.05) is 11.6 Å². The van der Waals surface area contributed by atoms with Crippen LogP contribution in [-0.4, -0.2) is 37.7 Å². The van der Waals surface area contributed by atoms with Crippen LogP contribution in [0, 0.1) is 0 Å². The molecule has 2 N–H and O–H groups in total. The van der Waals surface area contributed by atoms with E-state index in [9.17, 15) is 13.5 Å². The van der Waals surface area contributed by atoms with Crippen molar-refractivity contribution >= 4 is 60.7 Å². The molecule has 0 bridgehead atoms. The van der Waals surface area contributed by atoms with E-state index < -0.39 is 15.6 Å². The van der Waals surface area contributed by atoms with Crippen molar-refractivity contribution in [2.24, 2.45) is 0 Å². The molecule has 1 aromatic rings. The molecule has 0 fully saturated rings. The molecule has 0 spiro atoms. The lowest BCUT2D eigenvalue weighted by Gasteiger charge is -2.22. The van der Waals surface area contributed by atoms with Gasteiger partial charge in [0, 0.05) is 12.3 Å². The van der Waals surface area contributed by atoms with Gasteiger partial charge in [0.05, 0.1) is 14.4 Å². The maximum absolute atomic E-state index is 12.0. The minimum absolute atomic E-state index is 0.0384. The Morgan fingerprint density at radius 3 is 2.72 bits per heavy atom. The number of rotatable bonds is 6. The monoisotopic (exact) mass is 393 g/mol. The molecule has 0 aliphatic heterocycles. The molecular weight excluding hydrogens is 382 g/mol. The fourth-order valence-corrected chi connectivity index (χ4v) is 5.47. The number of hydrogen-bond acceptors (Lipinski definition) is 5. The highest BCUT2D eigenvalue weighted by Crippen LogP contribution is 2.34. The van der Waals surface area contributed by atoms with Crippen molar-refractivity contribution in [3.63, 3.8) is 0 Å². The molecule has 1 unspecified atom stereocenters. The second-order valence-corrected chi connectivity index (χ2v) is 9.58. The van der Waals surface area contributed by atoms with E-state index in [0.29, 0.717) is 14.6 Å². The Morgan fingerprint density at radius 2 is 2.28 bits per heavy atom. The molecule has 1 atom stereocenters. The first-order chi connectivity index (χ1) is 8.18. The predicted octanol–water partition coefficient (Wildman–Crippen LogP) is 2.56. The molecular formula is C9H13BrClNO3S3. The molecule has 1 aromatic heterocycles. The van der Waals surface area contributed by atoms with Crippen LogP contribution in [0.25, 0.3) is 0 Å². The minimum Gasteiger partial charge on any atom is -0.388 e. The Kier molecular flexibility index (Phi) is 5.98. The Labute approximate surface area is 128 Å². The van der Waals surface area contributed by atoms with Gasteiger partial charge < -0.3 is 5.11 Å². The number of thioether (sulfide) groups is 1. The third-order valence-electron chi connectivity index (χ3n) is 1.99. The van der Waals surface area contributed by atoms with Gasteiger partial charge in [-0.2, -0.15) is 11.8 Å². The van der Waals surface area contributed by atoms with Crippen LogP contribution >= 0.6 is 50.6 Å². The highest BCUT2D eigenvalue weighted by molar-refractivity contribution is 9.11. The van der Waals surface area contributed by atoms with Crippen LogP contribution < -0.4 is 4.72 Å². The van der Waals surface area contributed by atoms with Gasteiger partial charge in [-0.3, -0.25) is 0 Å². The molecule has 0 saturated heterocycles. The van der Waals surface area contributed by atoms with Crippen LogP contribution in [-0.2, 0) is 10.0 Å². The predicted molar refractivity (Wildman–Crippen MR) is 81.2 cm³/mol. The zero-order valence-electron chi connectivity index (χ0n) is 9.74. The highest BCUT2D eigenvalue weighted by Gasteiger charge is 2.25. The molecule has 1 heterocycles. The highest BCUT2D eigenvalue weighted by atomic mass is 79.9. The van der Waals surface area contributed by atoms with E-state index >= 15 is 0 Å². The van der Waals surface area contributed by atoms with Crippen molar-refractivity contribution in [2.75, 3.05) is 18.6 Å². The molecule has 0 saturated carbocycles. The molecule has 0 radical (unpaired) electrons. The van der Waals surface area contributed by atoms with Gasteiger partial charge >= 0.3 is 0 Å². The van der Waals surface area contributed by atoms with E-state index in [2.05, 4.69) is 20.7 Å². The lowest BCUT2D eigenvalue weighted by atomic mass is 10.1. The van der Waals surface area contributed by atoms with E-state index in [4.69, 9.17) is 11.6 Å². The van der Waals surface area contributed by atoms with Gasteiger partial charge in [0.1, 0.15) is 4.21 Å². The van der Waals surface area contributed by atoms with Crippen LogP contribution in [0.1, 0.15) is 6.92 Å². The zero-order chi connectivity index (χ0) is 14.0. The largest absolute Gasteiger partial charge is 0.388 e. The average Bonchev–Trinajstić information content (AvgIpc) is 2.58. The van der Waals surface area contributed by atoms with Crippen molar-refractivity contribution in [2.45, 2.75) is 16.7 Å². The number of halogens is 2. The summed E-state index contributed by atoms with van der Waals surface area (Å²) in [6.07, 6.45) is 1.85. The minimum atomic E-state index is -3.63. The summed E-state index contributed by atoms with van der Waals surface area (Å²) in [5, 5.41) is 10.3. The van der Waals surface area contributed by atoms with Crippen LogP contribution in [0.3, 0.4) is 0 Å². The number of sulfonamides is 1. The standard InChI is InChI=1S/C9H13BrClNO3S3/c1-9(13,5-16-2)4-12-18(14,15)7-3-6(11)8(10)17-7/h3,12-13H,4-5H2,1-2H3. The zero-order valence-corrected chi connectivity index (χ0v) is 14.5. The van der Waals surface area contributed by atoms with E-state index in [0.717, 1.165) is 11.3 Å². The molecule has 18 heavy (non-hydrogen) atoms. The Hall–Kier alpha value is 0.690. The van der Waals surface area contributed by atoms with Gasteiger partial charge in [-0.05, 0) is 35.2 Å². The fourth-order valence-electron chi connectivity index (χ4n) is 1.14. The molecule has 0 aromatic carbocycles. The van der Waals surface area contributed by atoms with Gasteiger partial charge in [0.15, 0.2) is 0 Å². The maximum Gasteiger partial charge on any atom is 0.250 e. The van der Waals surface area contributed by atoms with E-state index in [-0.39, 0.29) is 10.8 Å². The van der Waals surface area contributed by atoms with Crippen molar-refractivity contribution in [3.8, 4) is 0 Å². The third kappa shape index (κ3) is 4.66. The first kappa shape index (κ1) is 16.7. The summed E-state index contributed by atoms with van der Waals surface area (Å²) in [5.41, 5.74) is -1.08.